The van der Waals surface area contributed by atoms with Crippen LogP contribution in [0, 0.1) is 6.92 Å². The first-order valence-corrected chi connectivity index (χ1v) is 8.12. The van der Waals surface area contributed by atoms with Crippen molar-refractivity contribution in [2.45, 2.75) is 26.2 Å². The van der Waals surface area contributed by atoms with Gasteiger partial charge in [0.1, 0.15) is 5.65 Å². The second kappa shape index (κ2) is 7.96. The van der Waals surface area contributed by atoms with Crippen LogP contribution in [0.5, 0.6) is 0 Å². The van der Waals surface area contributed by atoms with Crippen molar-refractivity contribution >= 4 is 33.6 Å². The number of carbonyl (C=O) groups excluding carboxylic acids is 1. The predicted molar refractivity (Wildman–Crippen MR) is 89.6 cm³/mol. The molecule has 0 aliphatic rings. The number of aryl methyl sites for hydroxylation is 1. The minimum atomic E-state index is -0.860. The molecule has 2 aromatic rings. The molecule has 8 heteroatoms. The lowest BCUT2D eigenvalue weighted by Gasteiger charge is -2.05. The van der Waals surface area contributed by atoms with Gasteiger partial charge in [-0.1, -0.05) is 0 Å². The van der Waals surface area contributed by atoms with E-state index in [2.05, 4.69) is 31.5 Å². The molecule has 0 atom stereocenters. The highest BCUT2D eigenvalue weighted by molar-refractivity contribution is 9.10. The topological polar surface area (TPSA) is 95.7 Å². The molecule has 0 aliphatic heterocycles. The van der Waals surface area contributed by atoms with E-state index in [1.54, 1.807) is 0 Å². The fourth-order valence-corrected chi connectivity index (χ4v) is 2.77. The van der Waals surface area contributed by atoms with Crippen LogP contribution in [0.25, 0.3) is 5.65 Å². The number of carboxylic acid groups (broad SMARTS) is 1. The van der Waals surface area contributed by atoms with E-state index in [1.165, 1.54) is 0 Å². The maximum Gasteiger partial charge on any atom is 0.314 e. The zero-order valence-corrected chi connectivity index (χ0v) is 14.4. The molecule has 7 nitrogen and oxygen atoms in total. The molecule has 2 aromatic heterocycles. The number of aliphatic carboxylic acids is 1. The summed E-state index contributed by atoms with van der Waals surface area (Å²) in [6.07, 6.45) is 4.99. The number of imidazole rings is 1. The number of urea groups is 1. The van der Waals surface area contributed by atoms with E-state index in [-0.39, 0.29) is 12.5 Å². The SMILES string of the molecule is Cc1cc(Br)cn2cc(CCNC(=O)NCCCC(=O)O)nc12. The Kier molecular flexibility index (Phi) is 5.97. The third-order valence-electron chi connectivity index (χ3n) is 3.27. The van der Waals surface area contributed by atoms with Crippen LogP contribution in [0.1, 0.15) is 24.1 Å². The second-order valence-electron chi connectivity index (χ2n) is 5.23. The van der Waals surface area contributed by atoms with Gasteiger partial charge in [-0.05, 0) is 40.9 Å². The molecule has 0 aromatic carbocycles. The van der Waals surface area contributed by atoms with Gasteiger partial charge in [0.15, 0.2) is 0 Å². The molecular formula is C15H19BrN4O3. The lowest BCUT2D eigenvalue weighted by molar-refractivity contribution is -0.137. The first kappa shape index (κ1) is 17.3. The molecule has 2 rings (SSSR count). The van der Waals surface area contributed by atoms with Crippen molar-refractivity contribution in [3.8, 4) is 0 Å². The average molecular weight is 383 g/mol. The number of carbonyl (C=O) groups is 2. The van der Waals surface area contributed by atoms with Crippen LogP contribution in [0.3, 0.4) is 0 Å². The Morgan fingerprint density at radius 1 is 1.30 bits per heavy atom. The summed E-state index contributed by atoms with van der Waals surface area (Å²) >= 11 is 3.45. The third kappa shape index (κ3) is 5.24. The summed E-state index contributed by atoms with van der Waals surface area (Å²) in [6, 6.07) is 1.72. The molecule has 0 radical (unpaired) electrons. The van der Waals surface area contributed by atoms with Gasteiger partial charge in [0, 0.05) is 42.8 Å². The Bertz CT molecular complexity index is 714. The summed E-state index contributed by atoms with van der Waals surface area (Å²) < 4.78 is 2.95. The van der Waals surface area contributed by atoms with Crippen molar-refractivity contribution in [1.29, 1.82) is 0 Å². The number of amides is 2. The maximum absolute atomic E-state index is 11.5. The van der Waals surface area contributed by atoms with E-state index >= 15 is 0 Å². The molecule has 2 heterocycles. The van der Waals surface area contributed by atoms with Gasteiger partial charge in [0.2, 0.25) is 0 Å². The molecular weight excluding hydrogens is 364 g/mol. The van der Waals surface area contributed by atoms with E-state index in [0.29, 0.717) is 25.9 Å². The summed E-state index contributed by atoms with van der Waals surface area (Å²) in [6.45, 7) is 2.81. The number of hydrogen-bond acceptors (Lipinski definition) is 3. The highest BCUT2D eigenvalue weighted by atomic mass is 79.9. The minimum Gasteiger partial charge on any atom is -0.481 e. The number of halogens is 1. The Labute approximate surface area is 142 Å². The van der Waals surface area contributed by atoms with Gasteiger partial charge in [0.25, 0.3) is 0 Å². The van der Waals surface area contributed by atoms with Gasteiger partial charge in [-0.2, -0.15) is 0 Å². The number of fused-ring (bicyclic) bond motifs is 1. The molecule has 3 N–H and O–H groups in total. The first-order valence-electron chi connectivity index (χ1n) is 7.33. The van der Waals surface area contributed by atoms with Gasteiger partial charge < -0.3 is 20.1 Å². The largest absolute Gasteiger partial charge is 0.481 e. The van der Waals surface area contributed by atoms with Crippen molar-refractivity contribution in [2.24, 2.45) is 0 Å². The number of nitrogens with zero attached hydrogens (tertiary/aromatic N) is 2. The van der Waals surface area contributed by atoms with Crippen LogP contribution in [0.2, 0.25) is 0 Å². The average Bonchev–Trinajstić information content (AvgIpc) is 2.86. The molecule has 2 amide bonds. The zero-order valence-electron chi connectivity index (χ0n) is 12.8. The van der Waals surface area contributed by atoms with Gasteiger partial charge in [-0.25, -0.2) is 9.78 Å². The fraction of sp³-hybridized carbons (Fsp3) is 0.400. The van der Waals surface area contributed by atoms with Crippen molar-refractivity contribution in [2.75, 3.05) is 13.1 Å². The van der Waals surface area contributed by atoms with Crippen molar-refractivity contribution in [3.63, 3.8) is 0 Å². The molecule has 0 fully saturated rings. The van der Waals surface area contributed by atoms with Crippen molar-refractivity contribution < 1.29 is 14.7 Å². The summed E-state index contributed by atoms with van der Waals surface area (Å²) in [4.78, 5) is 26.4. The Balaban J connectivity index is 1.77. The van der Waals surface area contributed by atoms with Crippen molar-refractivity contribution in [1.82, 2.24) is 20.0 Å². The monoisotopic (exact) mass is 382 g/mol. The molecule has 124 valence electrons. The van der Waals surface area contributed by atoms with Crippen molar-refractivity contribution in [3.05, 3.63) is 34.2 Å². The molecule has 23 heavy (non-hydrogen) atoms. The highest BCUT2D eigenvalue weighted by Gasteiger charge is 2.06. The number of pyridine rings is 1. The second-order valence-corrected chi connectivity index (χ2v) is 6.15. The summed E-state index contributed by atoms with van der Waals surface area (Å²) in [5, 5.41) is 13.9. The fourth-order valence-electron chi connectivity index (χ4n) is 2.20. The summed E-state index contributed by atoms with van der Waals surface area (Å²) in [5.74, 6) is -0.860. The number of aromatic nitrogens is 2. The van der Waals surface area contributed by atoms with E-state index < -0.39 is 5.97 Å². The van der Waals surface area contributed by atoms with Gasteiger partial charge in [-0.15, -0.1) is 0 Å². The maximum atomic E-state index is 11.5. The number of carboxylic acids is 1. The number of nitrogens with one attached hydrogen (secondary N) is 2. The molecule has 0 saturated carbocycles. The lowest BCUT2D eigenvalue weighted by atomic mass is 10.3. The van der Waals surface area contributed by atoms with E-state index in [0.717, 1.165) is 21.4 Å². The van der Waals surface area contributed by atoms with Crippen LogP contribution < -0.4 is 10.6 Å². The smallest absolute Gasteiger partial charge is 0.314 e. The first-order chi connectivity index (χ1) is 11.0. The van der Waals surface area contributed by atoms with Crippen LogP contribution in [-0.4, -0.2) is 39.6 Å². The van der Waals surface area contributed by atoms with E-state index in [4.69, 9.17) is 5.11 Å². The van der Waals surface area contributed by atoms with Gasteiger partial charge in [-0.3, -0.25) is 4.79 Å². The van der Waals surface area contributed by atoms with Crippen LogP contribution in [-0.2, 0) is 11.2 Å². The van der Waals surface area contributed by atoms with Crippen LogP contribution in [0.15, 0.2) is 22.9 Å². The van der Waals surface area contributed by atoms with Gasteiger partial charge >= 0.3 is 12.0 Å². The molecule has 0 spiro atoms. The Hall–Kier alpha value is -2.09. The minimum absolute atomic E-state index is 0.0520. The lowest BCUT2D eigenvalue weighted by Crippen LogP contribution is -2.37. The highest BCUT2D eigenvalue weighted by Crippen LogP contribution is 2.17. The zero-order chi connectivity index (χ0) is 16.8. The molecule has 0 bridgehead atoms. The van der Waals surface area contributed by atoms with E-state index in [1.807, 2.05) is 29.8 Å². The van der Waals surface area contributed by atoms with E-state index in [9.17, 15) is 9.59 Å². The van der Waals surface area contributed by atoms with Crippen LogP contribution in [0.4, 0.5) is 4.79 Å². The van der Waals surface area contributed by atoms with Gasteiger partial charge in [0.05, 0.1) is 5.69 Å². The molecule has 0 unspecified atom stereocenters. The quantitative estimate of drug-likeness (QED) is 0.639. The third-order valence-corrected chi connectivity index (χ3v) is 3.71. The normalized spacial score (nSPS) is 10.7. The predicted octanol–water partition coefficient (Wildman–Crippen LogP) is 2.11. The Morgan fingerprint density at radius 2 is 2.04 bits per heavy atom. The molecule has 0 aliphatic carbocycles. The van der Waals surface area contributed by atoms with Crippen LogP contribution >= 0.6 is 15.9 Å². The summed E-state index contributed by atoms with van der Waals surface area (Å²) in [7, 11) is 0. The Morgan fingerprint density at radius 3 is 2.78 bits per heavy atom. The molecule has 0 saturated heterocycles. The number of hydrogen-bond donors (Lipinski definition) is 3. The summed E-state index contributed by atoms with van der Waals surface area (Å²) in [5.41, 5.74) is 2.88. The number of rotatable bonds is 7. The standard InChI is InChI=1S/C15H19BrN4O3/c1-10-7-11(16)8-20-9-12(19-14(10)20)4-6-18-15(23)17-5-2-3-13(21)22/h7-9H,2-6H2,1H3,(H,21,22)(H2,17,18,23).